The van der Waals surface area contributed by atoms with Crippen molar-refractivity contribution in [2.45, 2.75) is 77.9 Å². The fraction of sp³-hybridized carbons (Fsp3) is 0.923. The van der Waals surface area contributed by atoms with Gasteiger partial charge in [-0.15, -0.1) is 0 Å². The first-order chi connectivity index (χ1) is 7.56. The van der Waals surface area contributed by atoms with Crippen LogP contribution in [-0.4, -0.2) is 23.3 Å². The molecule has 0 heterocycles. The highest BCUT2D eigenvalue weighted by Crippen LogP contribution is 2.08. The van der Waals surface area contributed by atoms with Crippen molar-refractivity contribution < 1.29 is 14.6 Å². The largest absolute Gasteiger partial charge is 0.463 e. The Labute approximate surface area is 99.2 Å². The zero-order valence-electron chi connectivity index (χ0n) is 10.9. The zero-order valence-corrected chi connectivity index (χ0v) is 10.9. The molecule has 0 aromatic carbocycles. The molecule has 0 aromatic rings. The van der Waals surface area contributed by atoms with Gasteiger partial charge in [-0.1, -0.05) is 26.2 Å². The second-order valence-electron chi connectivity index (χ2n) is 4.54. The van der Waals surface area contributed by atoms with Crippen LogP contribution in [-0.2, 0) is 9.53 Å². The van der Waals surface area contributed by atoms with Gasteiger partial charge in [0.25, 0.3) is 0 Å². The number of hydrogen-bond acceptors (Lipinski definition) is 3. The van der Waals surface area contributed by atoms with Crippen LogP contribution in [0.5, 0.6) is 0 Å². The first-order valence-corrected chi connectivity index (χ1v) is 6.43. The first kappa shape index (κ1) is 15.4. The van der Waals surface area contributed by atoms with Crippen LogP contribution in [0, 0.1) is 0 Å². The molecule has 0 aromatic heterocycles. The van der Waals surface area contributed by atoms with E-state index in [9.17, 15) is 4.79 Å². The molecule has 1 N–H and O–H groups in total. The SMILES string of the molecule is CCCCCCC(=O)OC(C)CCC(C)O. The molecule has 3 nitrogen and oxygen atoms in total. The number of unbranched alkanes of at least 4 members (excludes halogenated alkanes) is 3. The van der Waals surface area contributed by atoms with Gasteiger partial charge in [-0.3, -0.25) is 4.79 Å². The number of carbonyl (C=O) groups is 1. The average molecular weight is 230 g/mol. The van der Waals surface area contributed by atoms with Crippen molar-refractivity contribution in [1.82, 2.24) is 0 Å². The molecule has 3 heteroatoms. The fourth-order valence-electron chi connectivity index (χ4n) is 1.51. The quantitative estimate of drug-likeness (QED) is 0.489. The van der Waals surface area contributed by atoms with E-state index in [-0.39, 0.29) is 18.2 Å². The van der Waals surface area contributed by atoms with E-state index in [2.05, 4.69) is 6.92 Å². The predicted octanol–water partition coefficient (Wildman–Crippen LogP) is 3.05. The van der Waals surface area contributed by atoms with Gasteiger partial charge in [0.1, 0.15) is 0 Å². The van der Waals surface area contributed by atoms with Crippen LogP contribution in [0.15, 0.2) is 0 Å². The van der Waals surface area contributed by atoms with E-state index in [0.29, 0.717) is 12.8 Å². The van der Waals surface area contributed by atoms with E-state index in [1.54, 1.807) is 6.92 Å². The summed E-state index contributed by atoms with van der Waals surface area (Å²) < 4.78 is 5.23. The van der Waals surface area contributed by atoms with E-state index in [1.165, 1.54) is 12.8 Å². The lowest BCUT2D eigenvalue weighted by Crippen LogP contribution is -2.16. The molecule has 0 amide bonds. The summed E-state index contributed by atoms with van der Waals surface area (Å²) in [6.07, 6.45) is 5.95. The van der Waals surface area contributed by atoms with Crippen molar-refractivity contribution in [3.05, 3.63) is 0 Å². The summed E-state index contributed by atoms with van der Waals surface area (Å²) in [5.41, 5.74) is 0. The Kier molecular flexibility index (Phi) is 9.30. The lowest BCUT2D eigenvalue weighted by atomic mass is 10.1. The van der Waals surface area contributed by atoms with E-state index in [1.807, 2.05) is 6.92 Å². The average Bonchev–Trinajstić information content (AvgIpc) is 2.21. The van der Waals surface area contributed by atoms with Crippen LogP contribution < -0.4 is 0 Å². The summed E-state index contributed by atoms with van der Waals surface area (Å²) in [6, 6.07) is 0. The maximum Gasteiger partial charge on any atom is 0.306 e. The van der Waals surface area contributed by atoms with E-state index < -0.39 is 0 Å². The van der Waals surface area contributed by atoms with Gasteiger partial charge in [-0.25, -0.2) is 0 Å². The Morgan fingerprint density at radius 2 is 1.88 bits per heavy atom. The third kappa shape index (κ3) is 9.97. The Bertz CT molecular complexity index is 178. The number of ether oxygens (including phenoxy) is 1. The minimum Gasteiger partial charge on any atom is -0.463 e. The van der Waals surface area contributed by atoms with Crippen molar-refractivity contribution >= 4 is 5.97 Å². The molecule has 0 radical (unpaired) electrons. The Morgan fingerprint density at radius 1 is 1.19 bits per heavy atom. The summed E-state index contributed by atoms with van der Waals surface area (Å²) >= 11 is 0. The molecule has 96 valence electrons. The van der Waals surface area contributed by atoms with Gasteiger partial charge < -0.3 is 9.84 Å². The van der Waals surface area contributed by atoms with E-state index >= 15 is 0 Å². The molecule has 0 fully saturated rings. The number of aliphatic hydroxyl groups excluding tert-OH is 1. The normalized spacial score (nSPS) is 14.5. The van der Waals surface area contributed by atoms with Crippen molar-refractivity contribution in [2.75, 3.05) is 0 Å². The van der Waals surface area contributed by atoms with Crippen LogP contribution in [0.1, 0.15) is 65.7 Å². The summed E-state index contributed by atoms with van der Waals surface area (Å²) in [4.78, 5) is 11.4. The van der Waals surface area contributed by atoms with Crippen molar-refractivity contribution in [3.63, 3.8) is 0 Å². The molecule has 0 bridgehead atoms. The van der Waals surface area contributed by atoms with Crippen LogP contribution in [0.3, 0.4) is 0 Å². The number of hydrogen-bond donors (Lipinski definition) is 1. The van der Waals surface area contributed by atoms with Gasteiger partial charge in [0.05, 0.1) is 12.2 Å². The number of carbonyl (C=O) groups excluding carboxylic acids is 1. The van der Waals surface area contributed by atoms with Gasteiger partial charge in [0, 0.05) is 6.42 Å². The Morgan fingerprint density at radius 3 is 2.44 bits per heavy atom. The Hall–Kier alpha value is -0.570. The minimum absolute atomic E-state index is 0.0757. The summed E-state index contributed by atoms with van der Waals surface area (Å²) in [6.45, 7) is 5.78. The van der Waals surface area contributed by atoms with Crippen molar-refractivity contribution in [2.24, 2.45) is 0 Å². The third-order valence-corrected chi connectivity index (χ3v) is 2.56. The van der Waals surface area contributed by atoms with Crippen molar-refractivity contribution in [3.8, 4) is 0 Å². The lowest BCUT2D eigenvalue weighted by Gasteiger charge is -2.13. The number of rotatable bonds is 9. The van der Waals surface area contributed by atoms with E-state index in [4.69, 9.17) is 9.84 Å². The summed E-state index contributed by atoms with van der Waals surface area (Å²) in [7, 11) is 0. The maximum absolute atomic E-state index is 11.4. The van der Waals surface area contributed by atoms with Crippen LogP contribution in [0.2, 0.25) is 0 Å². The van der Waals surface area contributed by atoms with Crippen molar-refractivity contribution in [1.29, 1.82) is 0 Å². The molecule has 0 aliphatic rings. The van der Waals surface area contributed by atoms with Crippen LogP contribution >= 0.6 is 0 Å². The monoisotopic (exact) mass is 230 g/mol. The molecular weight excluding hydrogens is 204 g/mol. The third-order valence-electron chi connectivity index (χ3n) is 2.56. The standard InChI is InChI=1S/C13H26O3/c1-4-5-6-7-8-13(15)16-12(3)10-9-11(2)14/h11-12,14H,4-10H2,1-3H3. The Balaban J connectivity index is 3.46. The molecule has 0 spiro atoms. The molecule has 16 heavy (non-hydrogen) atoms. The van der Waals surface area contributed by atoms with Gasteiger partial charge in [0.2, 0.25) is 0 Å². The highest BCUT2D eigenvalue weighted by atomic mass is 16.5. The molecular formula is C13H26O3. The lowest BCUT2D eigenvalue weighted by molar-refractivity contribution is -0.148. The maximum atomic E-state index is 11.4. The smallest absolute Gasteiger partial charge is 0.306 e. The first-order valence-electron chi connectivity index (χ1n) is 6.43. The summed E-state index contributed by atoms with van der Waals surface area (Å²) in [5.74, 6) is -0.103. The van der Waals surface area contributed by atoms with Gasteiger partial charge in [-0.2, -0.15) is 0 Å². The minimum atomic E-state index is -0.314. The zero-order chi connectivity index (χ0) is 12.4. The highest BCUT2D eigenvalue weighted by Gasteiger charge is 2.10. The number of esters is 1. The highest BCUT2D eigenvalue weighted by molar-refractivity contribution is 5.69. The molecule has 0 aliphatic heterocycles. The van der Waals surface area contributed by atoms with E-state index in [0.717, 1.165) is 19.3 Å². The second kappa shape index (κ2) is 9.64. The summed E-state index contributed by atoms with van der Waals surface area (Å²) in [5, 5.41) is 9.10. The molecule has 0 rings (SSSR count). The number of aliphatic hydroxyl groups is 1. The molecule has 0 saturated carbocycles. The topological polar surface area (TPSA) is 46.5 Å². The molecule has 2 unspecified atom stereocenters. The second-order valence-corrected chi connectivity index (χ2v) is 4.54. The molecule has 0 saturated heterocycles. The van der Waals surface area contributed by atoms with Gasteiger partial charge in [0.15, 0.2) is 0 Å². The predicted molar refractivity (Wildman–Crippen MR) is 65.2 cm³/mol. The van der Waals surface area contributed by atoms with Gasteiger partial charge in [-0.05, 0) is 33.1 Å². The fourth-order valence-corrected chi connectivity index (χ4v) is 1.51. The molecule has 2 atom stereocenters. The van der Waals surface area contributed by atoms with Gasteiger partial charge >= 0.3 is 5.97 Å². The molecule has 0 aliphatic carbocycles. The van der Waals surface area contributed by atoms with Crippen LogP contribution in [0.25, 0.3) is 0 Å². The van der Waals surface area contributed by atoms with Crippen LogP contribution in [0.4, 0.5) is 0 Å².